The largest absolute Gasteiger partial charge is 0.356 e. The quantitative estimate of drug-likeness (QED) is 0.503. The predicted molar refractivity (Wildman–Crippen MR) is 108 cm³/mol. The van der Waals surface area contributed by atoms with E-state index in [0.717, 1.165) is 18.7 Å². The third-order valence-corrected chi connectivity index (χ3v) is 4.16. The third kappa shape index (κ3) is 5.18. The van der Waals surface area contributed by atoms with Crippen LogP contribution >= 0.6 is 0 Å². The van der Waals surface area contributed by atoms with E-state index in [2.05, 4.69) is 55.1 Å². The molecule has 0 saturated heterocycles. The number of hydrogen-bond acceptors (Lipinski definition) is 5. The van der Waals surface area contributed by atoms with Gasteiger partial charge in [0.1, 0.15) is 0 Å². The first-order chi connectivity index (χ1) is 13.5. The van der Waals surface area contributed by atoms with Crippen LogP contribution in [0.15, 0.2) is 52.2 Å². The number of rotatable bonds is 6. The smallest absolute Gasteiger partial charge is 0.232 e. The highest BCUT2D eigenvalue weighted by Crippen LogP contribution is 2.19. The molecule has 1 aromatic carbocycles. The molecule has 0 aliphatic rings. The molecular formula is C20H27N7O. The topological polar surface area (TPSA) is 93.2 Å². The first-order valence-electron chi connectivity index (χ1n) is 9.32. The number of hydrogen-bond donors (Lipinski definition) is 2. The lowest BCUT2D eigenvalue weighted by Gasteiger charge is -2.11. The van der Waals surface area contributed by atoms with Crippen molar-refractivity contribution in [2.45, 2.75) is 39.2 Å². The molecule has 0 bridgehead atoms. The van der Waals surface area contributed by atoms with E-state index in [1.807, 2.05) is 37.7 Å². The minimum atomic E-state index is -0.155. The fraction of sp³-hybridized carbons (Fsp3) is 0.400. The van der Waals surface area contributed by atoms with E-state index in [4.69, 9.17) is 4.52 Å². The summed E-state index contributed by atoms with van der Waals surface area (Å²) in [5, 5.41) is 14.8. The fourth-order valence-corrected chi connectivity index (χ4v) is 2.58. The molecule has 8 nitrogen and oxygen atoms in total. The summed E-state index contributed by atoms with van der Waals surface area (Å²) in [6, 6.07) is 10.3. The lowest BCUT2D eigenvalue weighted by atomic mass is 9.97. The molecule has 0 spiro atoms. The summed E-state index contributed by atoms with van der Waals surface area (Å²) in [6.07, 6.45) is 4.59. The van der Waals surface area contributed by atoms with Crippen LogP contribution in [0.2, 0.25) is 0 Å². The summed E-state index contributed by atoms with van der Waals surface area (Å²) in [5.41, 5.74) is 2.14. The number of benzene rings is 1. The van der Waals surface area contributed by atoms with E-state index >= 15 is 0 Å². The van der Waals surface area contributed by atoms with Crippen LogP contribution in [0.25, 0.3) is 5.69 Å². The molecule has 148 valence electrons. The number of nitrogens with one attached hydrogen (secondary N) is 2. The highest BCUT2D eigenvalue weighted by Gasteiger charge is 2.21. The average Bonchev–Trinajstić information content (AvgIpc) is 3.36. The Kier molecular flexibility index (Phi) is 6.08. The van der Waals surface area contributed by atoms with Crippen molar-refractivity contribution in [2.24, 2.45) is 4.99 Å². The van der Waals surface area contributed by atoms with Crippen molar-refractivity contribution >= 4 is 5.96 Å². The molecule has 3 aromatic rings. The van der Waals surface area contributed by atoms with Gasteiger partial charge >= 0.3 is 0 Å². The van der Waals surface area contributed by atoms with E-state index in [1.165, 1.54) is 5.56 Å². The Morgan fingerprint density at radius 1 is 1.18 bits per heavy atom. The van der Waals surface area contributed by atoms with Gasteiger partial charge in [0, 0.05) is 31.4 Å². The number of nitrogens with zero attached hydrogens (tertiary/aromatic N) is 5. The zero-order valence-electron chi connectivity index (χ0n) is 16.8. The van der Waals surface area contributed by atoms with Gasteiger partial charge in [-0.3, -0.25) is 4.99 Å². The van der Waals surface area contributed by atoms with Crippen molar-refractivity contribution in [1.82, 2.24) is 30.6 Å². The van der Waals surface area contributed by atoms with Gasteiger partial charge < -0.3 is 15.2 Å². The molecule has 0 radical (unpaired) electrons. The highest BCUT2D eigenvalue weighted by atomic mass is 16.5. The fourth-order valence-electron chi connectivity index (χ4n) is 2.58. The van der Waals surface area contributed by atoms with E-state index in [9.17, 15) is 0 Å². The van der Waals surface area contributed by atoms with Gasteiger partial charge in [-0.25, -0.2) is 4.68 Å². The van der Waals surface area contributed by atoms with Crippen molar-refractivity contribution in [3.63, 3.8) is 0 Å². The highest BCUT2D eigenvalue weighted by molar-refractivity contribution is 5.79. The monoisotopic (exact) mass is 381 g/mol. The Bertz CT molecular complexity index is 890. The summed E-state index contributed by atoms with van der Waals surface area (Å²) in [4.78, 5) is 8.65. The molecule has 8 heteroatoms. The van der Waals surface area contributed by atoms with E-state index in [0.29, 0.717) is 24.2 Å². The van der Waals surface area contributed by atoms with Crippen molar-refractivity contribution in [3.05, 3.63) is 60.0 Å². The maximum absolute atomic E-state index is 5.30. The van der Waals surface area contributed by atoms with Crippen molar-refractivity contribution in [1.29, 1.82) is 0 Å². The zero-order chi connectivity index (χ0) is 20.0. The van der Waals surface area contributed by atoms with E-state index in [1.54, 1.807) is 13.2 Å². The molecule has 0 amide bonds. The molecule has 2 aromatic heterocycles. The van der Waals surface area contributed by atoms with Gasteiger partial charge in [-0.2, -0.15) is 10.1 Å². The van der Waals surface area contributed by atoms with Crippen LogP contribution in [0.4, 0.5) is 0 Å². The Balaban J connectivity index is 1.45. The Morgan fingerprint density at radius 3 is 2.57 bits per heavy atom. The minimum Gasteiger partial charge on any atom is -0.356 e. The molecule has 3 rings (SSSR count). The Hall–Kier alpha value is -3.16. The van der Waals surface area contributed by atoms with Crippen LogP contribution < -0.4 is 10.6 Å². The lowest BCUT2D eigenvalue weighted by Crippen LogP contribution is -2.38. The first-order valence-corrected chi connectivity index (χ1v) is 9.32. The van der Waals surface area contributed by atoms with Crippen LogP contribution in [-0.2, 0) is 18.4 Å². The van der Waals surface area contributed by atoms with Crippen LogP contribution in [0.1, 0.15) is 38.0 Å². The van der Waals surface area contributed by atoms with Gasteiger partial charge in [0.2, 0.25) is 5.89 Å². The van der Waals surface area contributed by atoms with Gasteiger partial charge in [-0.05, 0) is 30.2 Å². The Morgan fingerprint density at radius 2 is 1.96 bits per heavy atom. The van der Waals surface area contributed by atoms with Crippen LogP contribution in [-0.4, -0.2) is 39.5 Å². The molecule has 2 N–H and O–H groups in total. The summed E-state index contributed by atoms with van der Waals surface area (Å²) >= 11 is 0. The summed E-state index contributed by atoms with van der Waals surface area (Å²) in [6.45, 7) is 7.34. The second-order valence-electron chi connectivity index (χ2n) is 7.49. The Labute approximate surface area is 165 Å². The molecule has 2 heterocycles. The standard InChI is InChI=1S/C20H27N7O/c1-20(2,3)18-25-17(26-28-18)14-23-19(21-4)22-12-10-15-6-8-16(9-7-15)27-13-5-11-24-27/h5-9,11,13H,10,12,14H2,1-4H3,(H2,21,22,23). The lowest BCUT2D eigenvalue weighted by molar-refractivity contribution is 0.318. The third-order valence-electron chi connectivity index (χ3n) is 4.16. The predicted octanol–water partition coefficient (Wildman–Crippen LogP) is 2.46. The second-order valence-corrected chi connectivity index (χ2v) is 7.49. The van der Waals surface area contributed by atoms with Crippen molar-refractivity contribution < 1.29 is 4.52 Å². The van der Waals surface area contributed by atoms with Gasteiger partial charge in [0.15, 0.2) is 11.8 Å². The molecule has 28 heavy (non-hydrogen) atoms. The molecule has 0 atom stereocenters. The normalized spacial score (nSPS) is 12.2. The summed E-state index contributed by atoms with van der Waals surface area (Å²) < 4.78 is 7.15. The SMILES string of the molecule is CN=C(NCCc1ccc(-n2cccn2)cc1)NCc1noc(C(C)(C)C)n1. The van der Waals surface area contributed by atoms with E-state index in [-0.39, 0.29) is 5.41 Å². The summed E-state index contributed by atoms with van der Waals surface area (Å²) in [7, 11) is 1.74. The molecular weight excluding hydrogens is 354 g/mol. The molecule has 0 aliphatic carbocycles. The van der Waals surface area contributed by atoms with Crippen LogP contribution in [0.5, 0.6) is 0 Å². The van der Waals surface area contributed by atoms with Gasteiger partial charge in [-0.15, -0.1) is 0 Å². The number of guanidine groups is 1. The summed E-state index contributed by atoms with van der Waals surface area (Å²) in [5.74, 6) is 1.95. The molecule has 0 saturated carbocycles. The van der Waals surface area contributed by atoms with Gasteiger partial charge in [0.05, 0.1) is 12.2 Å². The molecule has 0 fully saturated rings. The zero-order valence-corrected chi connectivity index (χ0v) is 16.8. The first kappa shape index (κ1) is 19.6. The van der Waals surface area contributed by atoms with Crippen LogP contribution in [0, 0.1) is 0 Å². The van der Waals surface area contributed by atoms with Crippen LogP contribution in [0.3, 0.4) is 0 Å². The number of aliphatic imine (C=N–C) groups is 1. The van der Waals surface area contributed by atoms with Gasteiger partial charge in [0.25, 0.3) is 0 Å². The molecule has 0 unspecified atom stereocenters. The maximum atomic E-state index is 5.30. The van der Waals surface area contributed by atoms with E-state index < -0.39 is 0 Å². The van der Waals surface area contributed by atoms with Crippen molar-refractivity contribution in [2.75, 3.05) is 13.6 Å². The van der Waals surface area contributed by atoms with Crippen molar-refractivity contribution in [3.8, 4) is 5.69 Å². The van der Waals surface area contributed by atoms with Gasteiger partial charge in [-0.1, -0.05) is 38.1 Å². The number of aromatic nitrogens is 4. The maximum Gasteiger partial charge on any atom is 0.232 e. The minimum absolute atomic E-state index is 0.155. The average molecular weight is 381 g/mol. The second kappa shape index (κ2) is 8.69. The molecule has 0 aliphatic heterocycles.